The fourth-order valence-electron chi connectivity index (χ4n) is 3.11. The van der Waals surface area contributed by atoms with Crippen LogP contribution in [0.15, 0.2) is 12.5 Å². The van der Waals surface area contributed by atoms with Gasteiger partial charge >= 0.3 is 0 Å². The van der Waals surface area contributed by atoms with Gasteiger partial charge < -0.3 is 14.8 Å². The zero-order valence-electron chi connectivity index (χ0n) is 13.7. The molecular formula is C16H28N4O. The molecule has 5 heteroatoms. The molecule has 1 aliphatic rings. The summed E-state index contributed by atoms with van der Waals surface area (Å²) >= 11 is 0. The number of imidazole rings is 1. The molecule has 1 aromatic heterocycles. The SMILES string of the molecule is CCC1(CC)CC1C(=O)N(CCN(C)C)Cc1cnc[nH]1. The van der Waals surface area contributed by atoms with Crippen LogP contribution in [0.2, 0.25) is 0 Å². The molecule has 118 valence electrons. The van der Waals surface area contributed by atoms with Crippen molar-refractivity contribution in [1.29, 1.82) is 0 Å². The van der Waals surface area contributed by atoms with E-state index in [4.69, 9.17) is 0 Å². The first-order chi connectivity index (χ1) is 10.0. The van der Waals surface area contributed by atoms with Crippen molar-refractivity contribution in [2.24, 2.45) is 11.3 Å². The van der Waals surface area contributed by atoms with E-state index in [1.54, 1.807) is 12.5 Å². The monoisotopic (exact) mass is 292 g/mol. The fourth-order valence-corrected chi connectivity index (χ4v) is 3.11. The van der Waals surface area contributed by atoms with Crippen molar-refractivity contribution in [3.8, 4) is 0 Å². The van der Waals surface area contributed by atoms with Crippen LogP contribution in [0.4, 0.5) is 0 Å². The number of likely N-dealkylation sites (N-methyl/N-ethyl adjacent to an activating group) is 1. The van der Waals surface area contributed by atoms with Gasteiger partial charge in [-0.15, -0.1) is 0 Å². The lowest BCUT2D eigenvalue weighted by Crippen LogP contribution is -2.38. The van der Waals surface area contributed by atoms with Crippen LogP contribution in [0, 0.1) is 11.3 Å². The van der Waals surface area contributed by atoms with Crippen molar-refractivity contribution >= 4 is 5.91 Å². The van der Waals surface area contributed by atoms with Gasteiger partial charge in [0.1, 0.15) is 0 Å². The minimum absolute atomic E-state index is 0.220. The second kappa shape index (κ2) is 6.60. The maximum Gasteiger partial charge on any atom is 0.226 e. The van der Waals surface area contributed by atoms with Gasteiger partial charge in [0.15, 0.2) is 0 Å². The molecule has 0 bridgehead atoms. The number of rotatable bonds is 8. The third-order valence-electron chi connectivity index (χ3n) is 4.94. The Morgan fingerprint density at radius 2 is 2.10 bits per heavy atom. The van der Waals surface area contributed by atoms with Crippen LogP contribution in [0.5, 0.6) is 0 Å². The summed E-state index contributed by atoms with van der Waals surface area (Å²) in [5.41, 5.74) is 1.27. The van der Waals surface area contributed by atoms with Gasteiger partial charge in [-0.05, 0) is 38.8 Å². The predicted octanol–water partition coefficient (Wildman–Crippen LogP) is 2.13. The average Bonchev–Trinajstić information content (AvgIpc) is 2.99. The summed E-state index contributed by atoms with van der Waals surface area (Å²) in [5.74, 6) is 0.535. The first-order valence-corrected chi connectivity index (χ1v) is 7.93. The smallest absolute Gasteiger partial charge is 0.226 e. The summed E-state index contributed by atoms with van der Waals surface area (Å²) in [6.45, 7) is 6.70. The van der Waals surface area contributed by atoms with E-state index in [-0.39, 0.29) is 11.3 Å². The highest BCUT2D eigenvalue weighted by atomic mass is 16.2. The van der Waals surface area contributed by atoms with E-state index in [2.05, 4.69) is 28.7 Å². The Balaban J connectivity index is 2.02. The predicted molar refractivity (Wildman–Crippen MR) is 83.7 cm³/mol. The van der Waals surface area contributed by atoms with Crippen LogP contribution in [-0.2, 0) is 11.3 Å². The summed E-state index contributed by atoms with van der Waals surface area (Å²) in [7, 11) is 4.08. The van der Waals surface area contributed by atoms with E-state index in [9.17, 15) is 4.79 Å². The Labute approximate surface area is 127 Å². The molecule has 1 aromatic rings. The first-order valence-electron chi connectivity index (χ1n) is 7.93. The second-order valence-corrected chi connectivity index (χ2v) is 6.47. The van der Waals surface area contributed by atoms with E-state index >= 15 is 0 Å². The number of nitrogens with zero attached hydrogens (tertiary/aromatic N) is 3. The Hall–Kier alpha value is -1.36. The molecule has 0 radical (unpaired) electrons. The van der Waals surface area contributed by atoms with Gasteiger partial charge in [0.2, 0.25) is 5.91 Å². The number of aromatic amines is 1. The average molecular weight is 292 g/mol. The lowest BCUT2D eigenvalue weighted by molar-refractivity contribution is -0.134. The molecule has 1 amide bonds. The molecule has 21 heavy (non-hydrogen) atoms. The van der Waals surface area contributed by atoms with Crippen LogP contribution >= 0.6 is 0 Å². The zero-order valence-corrected chi connectivity index (χ0v) is 13.7. The van der Waals surface area contributed by atoms with Gasteiger partial charge in [-0.2, -0.15) is 0 Å². The van der Waals surface area contributed by atoms with Crippen molar-refractivity contribution < 1.29 is 4.79 Å². The van der Waals surface area contributed by atoms with Crippen molar-refractivity contribution in [3.05, 3.63) is 18.2 Å². The molecule has 5 nitrogen and oxygen atoms in total. The highest BCUT2D eigenvalue weighted by Gasteiger charge is 2.56. The van der Waals surface area contributed by atoms with E-state index in [1.807, 2.05) is 19.0 Å². The van der Waals surface area contributed by atoms with Crippen LogP contribution < -0.4 is 0 Å². The molecule has 1 saturated carbocycles. The number of amides is 1. The number of carbonyl (C=O) groups excluding carboxylic acids is 1. The highest BCUT2D eigenvalue weighted by molar-refractivity contribution is 5.82. The van der Waals surface area contributed by atoms with Crippen molar-refractivity contribution in [2.45, 2.75) is 39.7 Å². The maximum absolute atomic E-state index is 12.9. The van der Waals surface area contributed by atoms with Gasteiger partial charge in [-0.25, -0.2) is 4.98 Å². The normalized spacial score (nSPS) is 19.8. The molecule has 1 heterocycles. The number of carbonyl (C=O) groups is 1. The molecular weight excluding hydrogens is 264 g/mol. The van der Waals surface area contributed by atoms with Gasteiger partial charge in [-0.1, -0.05) is 13.8 Å². The largest absolute Gasteiger partial charge is 0.347 e. The maximum atomic E-state index is 12.9. The van der Waals surface area contributed by atoms with Gasteiger partial charge in [-0.3, -0.25) is 4.79 Å². The molecule has 0 aromatic carbocycles. The number of aromatic nitrogens is 2. The van der Waals surface area contributed by atoms with E-state index in [1.165, 1.54) is 0 Å². The quantitative estimate of drug-likeness (QED) is 0.798. The Morgan fingerprint density at radius 1 is 1.38 bits per heavy atom. The number of hydrogen-bond donors (Lipinski definition) is 1. The second-order valence-electron chi connectivity index (χ2n) is 6.47. The van der Waals surface area contributed by atoms with E-state index in [0.29, 0.717) is 12.5 Å². The Kier molecular flexibility index (Phi) is 5.04. The summed E-state index contributed by atoms with van der Waals surface area (Å²) in [6.07, 6.45) is 6.73. The molecule has 0 aliphatic heterocycles. The summed E-state index contributed by atoms with van der Waals surface area (Å²) in [5, 5.41) is 0. The van der Waals surface area contributed by atoms with Crippen LogP contribution in [0.25, 0.3) is 0 Å². The van der Waals surface area contributed by atoms with Crippen molar-refractivity contribution in [1.82, 2.24) is 19.8 Å². The first kappa shape index (κ1) is 16.0. The summed E-state index contributed by atoms with van der Waals surface area (Å²) < 4.78 is 0. The molecule has 1 unspecified atom stereocenters. The molecule has 1 fully saturated rings. The summed E-state index contributed by atoms with van der Waals surface area (Å²) in [4.78, 5) is 24.1. The van der Waals surface area contributed by atoms with Crippen molar-refractivity contribution in [2.75, 3.05) is 27.2 Å². The fraction of sp³-hybridized carbons (Fsp3) is 0.750. The van der Waals surface area contributed by atoms with E-state index in [0.717, 1.165) is 38.0 Å². The zero-order chi connectivity index (χ0) is 15.5. The lowest BCUT2D eigenvalue weighted by Gasteiger charge is -2.25. The number of H-pyrrole nitrogens is 1. The van der Waals surface area contributed by atoms with Crippen molar-refractivity contribution in [3.63, 3.8) is 0 Å². The van der Waals surface area contributed by atoms with Crippen LogP contribution in [-0.4, -0.2) is 52.9 Å². The Morgan fingerprint density at radius 3 is 2.57 bits per heavy atom. The third kappa shape index (κ3) is 3.64. The minimum Gasteiger partial charge on any atom is -0.347 e. The standard InChI is InChI=1S/C16H28N4O/c1-5-16(6-2)9-14(16)15(21)20(8-7-19(3)4)11-13-10-17-12-18-13/h10,12,14H,5-9,11H2,1-4H3,(H,17,18). The van der Waals surface area contributed by atoms with Gasteiger partial charge in [0, 0.05) is 25.2 Å². The van der Waals surface area contributed by atoms with Gasteiger partial charge in [0.25, 0.3) is 0 Å². The molecule has 1 N–H and O–H groups in total. The minimum atomic E-state index is 0.220. The van der Waals surface area contributed by atoms with Crippen LogP contribution in [0.1, 0.15) is 38.8 Å². The summed E-state index contributed by atoms with van der Waals surface area (Å²) in [6, 6.07) is 0. The molecule has 1 aliphatic carbocycles. The Bertz CT molecular complexity index is 451. The van der Waals surface area contributed by atoms with Gasteiger partial charge in [0.05, 0.1) is 18.6 Å². The number of hydrogen-bond acceptors (Lipinski definition) is 3. The molecule has 2 rings (SSSR count). The topological polar surface area (TPSA) is 52.2 Å². The lowest BCUT2D eigenvalue weighted by atomic mass is 9.96. The molecule has 1 atom stereocenters. The molecule has 0 saturated heterocycles. The number of nitrogens with one attached hydrogen (secondary N) is 1. The van der Waals surface area contributed by atoms with Crippen LogP contribution in [0.3, 0.4) is 0 Å². The van der Waals surface area contributed by atoms with E-state index < -0.39 is 0 Å². The third-order valence-corrected chi connectivity index (χ3v) is 4.94. The molecule has 0 spiro atoms. The highest BCUT2D eigenvalue weighted by Crippen LogP contribution is 2.58.